The average Bonchev–Trinajstić information content (AvgIpc) is 2.15. The van der Waals surface area contributed by atoms with Crippen LogP contribution in [0.4, 0.5) is 13.2 Å². The van der Waals surface area contributed by atoms with Crippen molar-refractivity contribution in [1.82, 2.24) is 15.5 Å². The molecular formula is C8H16Cl2F3N3O. The Hall–Kier alpha value is -0.240. The zero-order valence-electron chi connectivity index (χ0n) is 9.05. The van der Waals surface area contributed by atoms with Crippen LogP contribution in [0.25, 0.3) is 0 Å². The molecule has 1 saturated heterocycles. The fourth-order valence-corrected chi connectivity index (χ4v) is 1.33. The lowest BCUT2D eigenvalue weighted by atomic mass is 10.3. The standard InChI is InChI=1S/C8H14F3N3O.2ClH/c9-8(10,11)6-13-7(15)5-14-3-1-12-2-4-14;;/h12H,1-6H2,(H,13,15);2*1H. The monoisotopic (exact) mass is 297 g/mol. The molecule has 0 spiro atoms. The maximum Gasteiger partial charge on any atom is 0.405 e. The lowest BCUT2D eigenvalue weighted by molar-refractivity contribution is -0.139. The van der Waals surface area contributed by atoms with Crippen molar-refractivity contribution in [2.75, 3.05) is 39.3 Å². The minimum absolute atomic E-state index is 0. The predicted molar refractivity (Wildman–Crippen MR) is 62.9 cm³/mol. The lowest BCUT2D eigenvalue weighted by Crippen LogP contribution is -2.48. The first kappa shape index (κ1) is 19.1. The van der Waals surface area contributed by atoms with Crippen LogP contribution in [-0.4, -0.2) is 56.3 Å². The summed E-state index contributed by atoms with van der Waals surface area (Å²) in [4.78, 5) is 12.9. The highest BCUT2D eigenvalue weighted by Crippen LogP contribution is 2.11. The number of amides is 1. The summed E-state index contributed by atoms with van der Waals surface area (Å²) in [6.45, 7) is 1.72. The molecule has 9 heteroatoms. The fourth-order valence-electron chi connectivity index (χ4n) is 1.33. The third-order valence-corrected chi connectivity index (χ3v) is 2.06. The Morgan fingerprint density at radius 3 is 2.24 bits per heavy atom. The van der Waals surface area contributed by atoms with Gasteiger partial charge in [-0.2, -0.15) is 13.2 Å². The van der Waals surface area contributed by atoms with Gasteiger partial charge < -0.3 is 10.6 Å². The summed E-state index contributed by atoms with van der Waals surface area (Å²) in [5.74, 6) is -0.575. The molecule has 0 unspecified atom stereocenters. The van der Waals surface area contributed by atoms with Gasteiger partial charge in [0.05, 0.1) is 6.54 Å². The number of nitrogens with one attached hydrogen (secondary N) is 2. The largest absolute Gasteiger partial charge is 0.405 e. The lowest BCUT2D eigenvalue weighted by Gasteiger charge is -2.26. The Morgan fingerprint density at radius 1 is 1.24 bits per heavy atom. The molecule has 0 aliphatic carbocycles. The Kier molecular flexibility index (Phi) is 9.88. The molecule has 0 aromatic heterocycles. The molecule has 0 saturated carbocycles. The molecule has 2 N–H and O–H groups in total. The molecule has 1 rings (SSSR count). The highest BCUT2D eigenvalue weighted by molar-refractivity contribution is 5.85. The van der Waals surface area contributed by atoms with Gasteiger partial charge in [0.15, 0.2) is 0 Å². The summed E-state index contributed by atoms with van der Waals surface area (Å²) in [7, 11) is 0. The number of piperazine rings is 1. The number of nitrogens with zero attached hydrogens (tertiary/aromatic N) is 1. The second-order valence-electron chi connectivity index (χ2n) is 3.42. The first-order valence-electron chi connectivity index (χ1n) is 4.74. The molecule has 1 heterocycles. The Balaban J connectivity index is 0. The molecule has 4 nitrogen and oxygen atoms in total. The van der Waals surface area contributed by atoms with Crippen molar-refractivity contribution >= 4 is 30.7 Å². The van der Waals surface area contributed by atoms with Gasteiger partial charge in [-0.15, -0.1) is 24.8 Å². The average molecular weight is 298 g/mol. The molecule has 17 heavy (non-hydrogen) atoms. The number of alkyl halides is 3. The van der Waals surface area contributed by atoms with Crippen LogP contribution in [0.15, 0.2) is 0 Å². The van der Waals surface area contributed by atoms with Gasteiger partial charge in [-0.1, -0.05) is 0 Å². The maximum absolute atomic E-state index is 11.8. The van der Waals surface area contributed by atoms with E-state index in [0.717, 1.165) is 13.1 Å². The van der Waals surface area contributed by atoms with Gasteiger partial charge in [-0.3, -0.25) is 9.69 Å². The van der Waals surface area contributed by atoms with Crippen molar-refractivity contribution in [1.29, 1.82) is 0 Å². The SMILES string of the molecule is Cl.Cl.O=C(CN1CCNCC1)NCC(F)(F)F. The van der Waals surface area contributed by atoms with Gasteiger partial charge in [0.1, 0.15) is 6.54 Å². The van der Waals surface area contributed by atoms with Crippen molar-refractivity contribution in [2.24, 2.45) is 0 Å². The minimum atomic E-state index is -4.33. The van der Waals surface area contributed by atoms with E-state index < -0.39 is 18.6 Å². The van der Waals surface area contributed by atoms with E-state index in [4.69, 9.17) is 0 Å². The van der Waals surface area contributed by atoms with E-state index >= 15 is 0 Å². The fraction of sp³-hybridized carbons (Fsp3) is 0.875. The van der Waals surface area contributed by atoms with Crippen LogP contribution >= 0.6 is 24.8 Å². The van der Waals surface area contributed by atoms with Gasteiger partial charge in [-0.05, 0) is 0 Å². The van der Waals surface area contributed by atoms with Crippen LogP contribution < -0.4 is 10.6 Å². The topological polar surface area (TPSA) is 44.4 Å². The molecule has 1 aliphatic rings. The summed E-state index contributed by atoms with van der Waals surface area (Å²) in [6.07, 6.45) is -4.33. The number of rotatable bonds is 3. The smallest absolute Gasteiger partial charge is 0.346 e. The van der Waals surface area contributed by atoms with Gasteiger partial charge in [0.2, 0.25) is 5.91 Å². The van der Waals surface area contributed by atoms with E-state index in [-0.39, 0.29) is 31.4 Å². The van der Waals surface area contributed by atoms with Crippen molar-refractivity contribution in [3.63, 3.8) is 0 Å². The summed E-state index contributed by atoms with van der Waals surface area (Å²) < 4.78 is 35.3. The summed E-state index contributed by atoms with van der Waals surface area (Å²) in [5.41, 5.74) is 0. The number of halogens is 5. The van der Waals surface area contributed by atoms with Crippen LogP contribution in [0.1, 0.15) is 0 Å². The first-order chi connectivity index (χ1) is 6.97. The van der Waals surface area contributed by atoms with Gasteiger partial charge in [0, 0.05) is 26.2 Å². The molecule has 0 aromatic rings. The molecular weight excluding hydrogens is 282 g/mol. The van der Waals surface area contributed by atoms with Gasteiger partial charge >= 0.3 is 6.18 Å². The van der Waals surface area contributed by atoms with E-state index in [1.807, 2.05) is 10.2 Å². The maximum atomic E-state index is 11.8. The van der Waals surface area contributed by atoms with E-state index in [1.54, 1.807) is 0 Å². The third-order valence-electron chi connectivity index (χ3n) is 2.06. The highest BCUT2D eigenvalue weighted by Gasteiger charge is 2.27. The minimum Gasteiger partial charge on any atom is -0.346 e. The van der Waals surface area contributed by atoms with Crippen molar-refractivity contribution in [2.45, 2.75) is 6.18 Å². The molecule has 1 fully saturated rings. The van der Waals surface area contributed by atoms with E-state index in [9.17, 15) is 18.0 Å². The normalized spacial score (nSPS) is 16.6. The molecule has 1 amide bonds. The molecule has 1 aliphatic heterocycles. The first-order valence-corrected chi connectivity index (χ1v) is 4.74. The van der Waals surface area contributed by atoms with Crippen LogP contribution in [0.5, 0.6) is 0 Å². The van der Waals surface area contributed by atoms with E-state index in [0.29, 0.717) is 13.1 Å². The van der Waals surface area contributed by atoms with E-state index in [2.05, 4.69) is 5.32 Å². The molecule has 0 aromatic carbocycles. The third kappa shape index (κ3) is 9.46. The molecule has 0 bridgehead atoms. The van der Waals surface area contributed by atoms with Crippen molar-refractivity contribution < 1.29 is 18.0 Å². The quantitative estimate of drug-likeness (QED) is 0.793. The van der Waals surface area contributed by atoms with Crippen LogP contribution in [0, 0.1) is 0 Å². The second kappa shape index (κ2) is 8.79. The Bertz CT molecular complexity index is 223. The van der Waals surface area contributed by atoms with Crippen molar-refractivity contribution in [3.05, 3.63) is 0 Å². The highest BCUT2D eigenvalue weighted by atomic mass is 35.5. The summed E-state index contributed by atoms with van der Waals surface area (Å²) >= 11 is 0. The van der Waals surface area contributed by atoms with Crippen LogP contribution in [-0.2, 0) is 4.79 Å². The van der Waals surface area contributed by atoms with Crippen LogP contribution in [0.2, 0.25) is 0 Å². The number of carbonyl (C=O) groups excluding carboxylic acids is 1. The summed E-state index contributed by atoms with van der Waals surface area (Å²) in [5, 5.41) is 4.93. The molecule has 0 radical (unpaired) electrons. The summed E-state index contributed by atoms with van der Waals surface area (Å²) in [6, 6.07) is 0. The zero-order chi connectivity index (χ0) is 11.3. The number of carbonyl (C=O) groups is 1. The van der Waals surface area contributed by atoms with Gasteiger partial charge in [-0.25, -0.2) is 0 Å². The Morgan fingerprint density at radius 2 is 1.76 bits per heavy atom. The molecule has 0 atom stereocenters. The second-order valence-corrected chi connectivity index (χ2v) is 3.42. The number of hydrogen-bond acceptors (Lipinski definition) is 3. The predicted octanol–water partition coefficient (Wildman–Crippen LogP) is 0.414. The van der Waals surface area contributed by atoms with Crippen LogP contribution in [0.3, 0.4) is 0 Å². The Labute approximate surface area is 110 Å². The van der Waals surface area contributed by atoms with Gasteiger partial charge in [0.25, 0.3) is 0 Å². The zero-order valence-corrected chi connectivity index (χ0v) is 10.7. The number of hydrogen-bond donors (Lipinski definition) is 2. The molecule has 104 valence electrons. The van der Waals surface area contributed by atoms with E-state index in [1.165, 1.54) is 0 Å². The van der Waals surface area contributed by atoms with Crippen molar-refractivity contribution in [3.8, 4) is 0 Å².